The number of hydrogen-bond donors (Lipinski definition) is 0. The molecule has 0 saturated heterocycles. The van der Waals surface area contributed by atoms with Crippen LogP contribution in [-0.2, 0) is 46.5 Å². The molecule has 0 heterocycles. The minimum absolute atomic E-state index is 0.424. The van der Waals surface area contributed by atoms with Crippen LogP contribution in [0.25, 0.3) is 0 Å². The Hall–Kier alpha value is -0.837. The third-order valence-electron chi connectivity index (χ3n) is 3.02. The van der Waals surface area contributed by atoms with Crippen molar-refractivity contribution in [2.75, 3.05) is 14.2 Å². The molecule has 0 amide bonds. The molecule has 0 spiro atoms. The molecule has 0 N–H and O–H groups in total. The average Bonchev–Trinajstić information content (AvgIpc) is 2.58. The molecule has 5 heteroatoms. The van der Waals surface area contributed by atoms with Crippen LogP contribution < -0.4 is 0 Å². The van der Waals surface area contributed by atoms with Crippen LogP contribution in [0.1, 0.15) is 11.1 Å². The van der Waals surface area contributed by atoms with Gasteiger partial charge in [-0.25, -0.2) is 0 Å². The molecule has 4 nitrogen and oxygen atoms in total. The Labute approximate surface area is 132 Å². The Morgan fingerprint density at radius 1 is 0.667 bits per heavy atom. The number of hydrogen-bond acceptors (Lipinski definition) is 4. The molecule has 0 fully saturated rings. The first-order valence-corrected chi connectivity index (χ1v) is 10.8. The Morgan fingerprint density at radius 3 is 1.38 bits per heavy atom. The number of benzene rings is 2. The second kappa shape index (κ2) is 8.57. The van der Waals surface area contributed by atoms with Crippen molar-refractivity contribution in [1.82, 2.24) is 0 Å². The van der Waals surface area contributed by atoms with Crippen LogP contribution >= 0.6 is 0 Å². The van der Waals surface area contributed by atoms with E-state index in [1.165, 1.54) is 0 Å². The Bertz CT molecular complexity index is 469. The van der Waals surface area contributed by atoms with E-state index in [1.54, 1.807) is 14.2 Å². The summed E-state index contributed by atoms with van der Waals surface area (Å²) in [4.78, 5) is 0. The molecule has 0 bridgehead atoms. The van der Waals surface area contributed by atoms with Gasteiger partial charge in [0.1, 0.15) is 0 Å². The van der Waals surface area contributed by atoms with Gasteiger partial charge in [-0.3, -0.25) is 0 Å². The molecule has 2 aromatic rings. The summed E-state index contributed by atoms with van der Waals surface area (Å²) in [5, 5.41) is 0. The Balaban J connectivity index is 1.95. The predicted octanol–water partition coefficient (Wildman–Crippen LogP) is 3.53. The normalized spacial score (nSPS) is 11.5. The fourth-order valence-electron chi connectivity index (χ4n) is 1.85. The van der Waals surface area contributed by atoms with Crippen LogP contribution in [0.2, 0.25) is 0 Å². The molecule has 0 aliphatic carbocycles. The SMILES string of the molecule is C[O][Zr]([O]C)([O]Cc1ccccc1)[O]Cc1ccccc1. The topological polar surface area (TPSA) is 36.9 Å². The molecule has 0 unspecified atom stereocenters. The maximum absolute atomic E-state index is 5.88. The Morgan fingerprint density at radius 2 is 1.05 bits per heavy atom. The molecule has 0 radical (unpaired) electrons. The van der Waals surface area contributed by atoms with Gasteiger partial charge in [-0.1, -0.05) is 0 Å². The van der Waals surface area contributed by atoms with Crippen molar-refractivity contribution < 1.29 is 33.3 Å². The van der Waals surface area contributed by atoms with E-state index in [4.69, 9.17) is 11.3 Å². The van der Waals surface area contributed by atoms with Gasteiger partial charge in [0.15, 0.2) is 0 Å². The molecular formula is C16H20O4Zr. The van der Waals surface area contributed by atoms with Gasteiger partial charge in [0.25, 0.3) is 0 Å². The van der Waals surface area contributed by atoms with E-state index in [2.05, 4.69) is 0 Å². The summed E-state index contributed by atoms with van der Waals surface area (Å²) in [5.41, 5.74) is 2.13. The van der Waals surface area contributed by atoms with E-state index in [-0.39, 0.29) is 0 Å². The first-order chi connectivity index (χ1) is 10.3. The third-order valence-corrected chi connectivity index (χ3v) is 7.92. The summed E-state index contributed by atoms with van der Waals surface area (Å²) in [5.74, 6) is 0. The average molecular weight is 368 g/mol. The van der Waals surface area contributed by atoms with Gasteiger partial charge in [0, 0.05) is 0 Å². The van der Waals surface area contributed by atoms with Gasteiger partial charge >= 0.3 is 133 Å². The van der Waals surface area contributed by atoms with E-state index in [9.17, 15) is 0 Å². The van der Waals surface area contributed by atoms with E-state index in [1.807, 2.05) is 60.7 Å². The molecule has 0 atom stereocenters. The summed E-state index contributed by atoms with van der Waals surface area (Å²) >= 11 is -3.93. The third kappa shape index (κ3) is 5.13. The van der Waals surface area contributed by atoms with Crippen LogP contribution in [0, 0.1) is 0 Å². The fourth-order valence-corrected chi connectivity index (χ4v) is 5.31. The van der Waals surface area contributed by atoms with Crippen molar-refractivity contribution in [3.63, 3.8) is 0 Å². The summed E-state index contributed by atoms with van der Waals surface area (Å²) in [7, 11) is 3.16. The predicted molar refractivity (Wildman–Crippen MR) is 76.5 cm³/mol. The van der Waals surface area contributed by atoms with E-state index in [0.29, 0.717) is 13.2 Å². The van der Waals surface area contributed by atoms with Crippen molar-refractivity contribution in [1.29, 1.82) is 0 Å². The summed E-state index contributed by atoms with van der Waals surface area (Å²) in [6, 6.07) is 19.8. The van der Waals surface area contributed by atoms with Gasteiger partial charge in [0.2, 0.25) is 0 Å². The van der Waals surface area contributed by atoms with Gasteiger partial charge in [-0.2, -0.15) is 0 Å². The molecule has 112 valence electrons. The first-order valence-electron chi connectivity index (χ1n) is 6.74. The van der Waals surface area contributed by atoms with Gasteiger partial charge in [-0.15, -0.1) is 0 Å². The standard InChI is InChI=1S/2C7H7O.2CH3O.Zr/c2*8-6-7-4-2-1-3-5-7;2*1-2;/h2*1-5H,6H2;2*1H3;/q4*-1;+4. The molecule has 0 saturated carbocycles. The molecular weight excluding hydrogens is 347 g/mol. The van der Waals surface area contributed by atoms with Crippen molar-refractivity contribution in [2.24, 2.45) is 0 Å². The molecule has 2 rings (SSSR count). The summed E-state index contributed by atoms with van der Waals surface area (Å²) in [6.07, 6.45) is 0. The van der Waals surface area contributed by atoms with Crippen molar-refractivity contribution >= 4 is 0 Å². The van der Waals surface area contributed by atoms with Gasteiger partial charge < -0.3 is 0 Å². The molecule has 0 aliphatic heterocycles. The van der Waals surface area contributed by atoms with E-state index >= 15 is 0 Å². The molecule has 0 aromatic heterocycles. The van der Waals surface area contributed by atoms with Crippen LogP contribution in [0.4, 0.5) is 0 Å². The Kier molecular flexibility index (Phi) is 6.75. The van der Waals surface area contributed by atoms with Crippen LogP contribution in [0.5, 0.6) is 0 Å². The van der Waals surface area contributed by atoms with Crippen LogP contribution in [0.3, 0.4) is 0 Å². The van der Waals surface area contributed by atoms with E-state index < -0.39 is 22.0 Å². The summed E-state index contributed by atoms with van der Waals surface area (Å²) in [6.45, 7) is 0.848. The second-order valence-electron chi connectivity index (χ2n) is 4.46. The van der Waals surface area contributed by atoms with Crippen LogP contribution in [0.15, 0.2) is 60.7 Å². The van der Waals surface area contributed by atoms with E-state index in [0.717, 1.165) is 11.1 Å². The quantitative estimate of drug-likeness (QED) is 0.715. The zero-order chi connectivity index (χ0) is 15.0. The van der Waals surface area contributed by atoms with Crippen molar-refractivity contribution in [2.45, 2.75) is 13.2 Å². The van der Waals surface area contributed by atoms with Crippen molar-refractivity contribution in [3.8, 4) is 0 Å². The second-order valence-corrected chi connectivity index (χ2v) is 10.3. The summed E-state index contributed by atoms with van der Waals surface area (Å²) < 4.78 is 22.7. The fraction of sp³-hybridized carbons (Fsp3) is 0.250. The first kappa shape index (κ1) is 16.5. The minimum atomic E-state index is -3.93. The van der Waals surface area contributed by atoms with Gasteiger partial charge in [-0.05, 0) is 0 Å². The monoisotopic (exact) mass is 366 g/mol. The van der Waals surface area contributed by atoms with Gasteiger partial charge in [0.05, 0.1) is 0 Å². The zero-order valence-electron chi connectivity index (χ0n) is 12.3. The zero-order valence-corrected chi connectivity index (χ0v) is 14.8. The maximum atomic E-state index is 5.88. The van der Waals surface area contributed by atoms with Crippen molar-refractivity contribution in [3.05, 3.63) is 71.8 Å². The number of rotatable bonds is 8. The molecule has 0 aliphatic rings. The molecule has 21 heavy (non-hydrogen) atoms. The molecule has 2 aromatic carbocycles. The van der Waals surface area contributed by atoms with Crippen LogP contribution in [-0.4, -0.2) is 14.2 Å².